The van der Waals surface area contributed by atoms with Gasteiger partial charge in [0.05, 0.1) is 6.61 Å². The van der Waals surface area contributed by atoms with Crippen molar-refractivity contribution in [2.45, 2.75) is 24.4 Å². The average Bonchev–Trinajstić information content (AvgIpc) is 2.52. The van der Waals surface area contributed by atoms with Gasteiger partial charge in [-0.2, -0.15) is 5.10 Å². The van der Waals surface area contributed by atoms with Crippen molar-refractivity contribution in [1.82, 2.24) is 15.1 Å². The lowest BCUT2D eigenvalue weighted by molar-refractivity contribution is -0.117. The fourth-order valence-electron chi connectivity index (χ4n) is 1.69. The number of H-pyrrole nitrogens is 1. The number of nitrogens with one attached hydrogen (secondary N) is 1. The summed E-state index contributed by atoms with van der Waals surface area (Å²) in [4.78, 5) is 23.9. The molecule has 124 valence electrons. The lowest BCUT2D eigenvalue weighted by Crippen LogP contribution is -2.50. The van der Waals surface area contributed by atoms with Crippen LogP contribution in [0.3, 0.4) is 0 Å². The summed E-state index contributed by atoms with van der Waals surface area (Å²) in [7, 11) is 1.32. The maximum atomic E-state index is 12.0. The fourth-order valence-corrected chi connectivity index (χ4v) is 1.69. The number of carbonyl (C=O) groups is 1. The van der Waals surface area contributed by atoms with Crippen LogP contribution < -0.4 is 5.56 Å². The van der Waals surface area contributed by atoms with Gasteiger partial charge < -0.3 is 30.4 Å². The van der Waals surface area contributed by atoms with E-state index in [4.69, 9.17) is 5.11 Å². The number of aliphatic hydroxyl groups is 5. The number of rotatable bonds is 7. The highest BCUT2D eigenvalue weighted by Gasteiger charge is 2.31. The van der Waals surface area contributed by atoms with E-state index >= 15 is 0 Å². The zero-order valence-corrected chi connectivity index (χ0v) is 11.8. The summed E-state index contributed by atoms with van der Waals surface area (Å²) in [5.74, 6) is -0.625. The molecule has 0 aliphatic heterocycles. The number of nitrogens with zero attached hydrogens (tertiary/aromatic N) is 2. The van der Waals surface area contributed by atoms with Crippen LogP contribution in [0.15, 0.2) is 16.9 Å². The Morgan fingerprint density at radius 3 is 2.32 bits per heavy atom. The zero-order chi connectivity index (χ0) is 16.9. The van der Waals surface area contributed by atoms with Crippen molar-refractivity contribution in [3.8, 4) is 0 Å². The molecular weight excluding hydrogens is 298 g/mol. The zero-order valence-electron chi connectivity index (χ0n) is 11.8. The van der Waals surface area contributed by atoms with Crippen LogP contribution in [0.4, 0.5) is 0 Å². The highest BCUT2D eigenvalue weighted by molar-refractivity contribution is 5.91. The number of aromatic amines is 1. The van der Waals surface area contributed by atoms with Gasteiger partial charge in [0.1, 0.15) is 30.1 Å². The topological polar surface area (TPSA) is 167 Å². The first-order valence-corrected chi connectivity index (χ1v) is 6.42. The van der Waals surface area contributed by atoms with Gasteiger partial charge in [-0.05, 0) is 6.07 Å². The minimum absolute atomic E-state index is 0.0697. The second-order valence-electron chi connectivity index (χ2n) is 4.79. The molecule has 1 rings (SSSR count). The van der Waals surface area contributed by atoms with Gasteiger partial charge in [0.2, 0.25) is 0 Å². The van der Waals surface area contributed by atoms with Crippen LogP contribution in [0, 0.1) is 0 Å². The Kier molecular flexibility index (Phi) is 6.59. The van der Waals surface area contributed by atoms with Gasteiger partial charge in [0.15, 0.2) is 0 Å². The molecule has 4 unspecified atom stereocenters. The molecule has 0 fully saturated rings. The maximum absolute atomic E-state index is 12.0. The largest absolute Gasteiger partial charge is 0.394 e. The van der Waals surface area contributed by atoms with E-state index < -0.39 is 42.5 Å². The summed E-state index contributed by atoms with van der Waals surface area (Å²) in [6.45, 7) is -1.16. The average molecular weight is 317 g/mol. The predicted molar refractivity (Wildman–Crippen MR) is 72.9 cm³/mol. The van der Waals surface area contributed by atoms with Gasteiger partial charge in [-0.1, -0.05) is 0 Å². The Labute approximate surface area is 125 Å². The first-order valence-electron chi connectivity index (χ1n) is 6.42. The van der Waals surface area contributed by atoms with Gasteiger partial charge in [0, 0.05) is 19.7 Å². The predicted octanol–water partition coefficient (Wildman–Crippen LogP) is -3.72. The third kappa shape index (κ3) is 4.58. The Morgan fingerprint density at radius 2 is 1.82 bits per heavy atom. The van der Waals surface area contributed by atoms with Crippen LogP contribution in [0.5, 0.6) is 0 Å². The molecule has 10 heteroatoms. The SMILES string of the molecule is CN(CC(O)C(O)C(O)C(O)CO)C(=O)c1ccc(=O)[nH]n1. The van der Waals surface area contributed by atoms with Crippen molar-refractivity contribution in [1.29, 1.82) is 0 Å². The van der Waals surface area contributed by atoms with Crippen molar-refractivity contribution in [3.63, 3.8) is 0 Å². The second kappa shape index (κ2) is 7.96. The molecule has 1 aromatic rings. The summed E-state index contributed by atoms with van der Waals surface area (Å²) >= 11 is 0. The molecule has 4 atom stereocenters. The molecule has 0 saturated carbocycles. The number of carbonyl (C=O) groups excluding carboxylic acids is 1. The van der Waals surface area contributed by atoms with Gasteiger partial charge in [-0.15, -0.1) is 0 Å². The molecule has 0 saturated heterocycles. The molecule has 0 spiro atoms. The maximum Gasteiger partial charge on any atom is 0.274 e. The number of amides is 1. The van der Waals surface area contributed by atoms with Crippen molar-refractivity contribution in [2.75, 3.05) is 20.2 Å². The first-order chi connectivity index (χ1) is 10.3. The molecule has 1 amide bonds. The van der Waals surface area contributed by atoms with E-state index in [0.717, 1.165) is 11.0 Å². The van der Waals surface area contributed by atoms with Crippen molar-refractivity contribution < 1.29 is 30.3 Å². The molecule has 1 heterocycles. The summed E-state index contributed by atoms with van der Waals surface area (Å²) in [6, 6.07) is 2.31. The van der Waals surface area contributed by atoms with Crippen LogP contribution in [0.25, 0.3) is 0 Å². The van der Waals surface area contributed by atoms with E-state index in [1.165, 1.54) is 13.1 Å². The Morgan fingerprint density at radius 1 is 1.23 bits per heavy atom. The molecule has 6 N–H and O–H groups in total. The van der Waals surface area contributed by atoms with Crippen molar-refractivity contribution in [3.05, 3.63) is 28.2 Å². The van der Waals surface area contributed by atoms with Crippen LogP contribution in [-0.2, 0) is 0 Å². The lowest BCUT2D eigenvalue weighted by atomic mass is 10.0. The van der Waals surface area contributed by atoms with E-state index in [1.807, 2.05) is 0 Å². The number of hydrogen-bond acceptors (Lipinski definition) is 8. The number of aromatic nitrogens is 2. The van der Waals surface area contributed by atoms with Crippen molar-refractivity contribution in [2.24, 2.45) is 0 Å². The van der Waals surface area contributed by atoms with Crippen LogP contribution in [0.2, 0.25) is 0 Å². The fraction of sp³-hybridized carbons (Fsp3) is 0.583. The molecule has 0 aliphatic rings. The Hall–Kier alpha value is -1.85. The van der Waals surface area contributed by atoms with Crippen molar-refractivity contribution >= 4 is 5.91 Å². The van der Waals surface area contributed by atoms with E-state index in [2.05, 4.69) is 10.2 Å². The van der Waals surface area contributed by atoms with E-state index in [1.54, 1.807) is 0 Å². The lowest BCUT2D eigenvalue weighted by Gasteiger charge is -2.28. The normalized spacial score (nSPS) is 16.6. The number of hydrogen-bond donors (Lipinski definition) is 6. The number of aliphatic hydroxyl groups excluding tert-OH is 5. The van der Waals surface area contributed by atoms with Gasteiger partial charge in [-0.3, -0.25) is 9.59 Å². The standard InChI is InChI=1S/C12H19N3O7/c1-15(12(22)6-2-3-9(19)14-13-6)4-7(17)10(20)11(21)8(18)5-16/h2-3,7-8,10-11,16-18,20-21H,4-5H2,1H3,(H,14,19). The summed E-state index contributed by atoms with van der Waals surface area (Å²) in [5, 5.41) is 52.4. The monoisotopic (exact) mass is 317 g/mol. The third-order valence-corrected chi connectivity index (χ3v) is 3.03. The molecule has 10 nitrogen and oxygen atoms in total. The summed E-state index contributed by atoms with van der Waals surface area (Å²) in [5.41, 5.74) is -0.546. The Bertz CT molecular complexity index is 529. The van der Waals surface area contributed by atoms with Gasteiger partial charge in [0.25, 0.3) is 11.5 Å². The van der Waals surface area contributed by atoms with E-state index in [0.29, 0.717) is 0 Å². The minimum Gasteiger partial charge on any atom is -0.394 e. The first kappa shape index (κ1) is 18.2. The van der Waals surface area contributed by atoms with E-state index in [9.17, 15) is 30.0 Å². The van der Waals surface area contributed by atoms with Crippen LogP contribution >= 0.6 is 0 Å². The van der Waals surface area contributed by atoms with Crippen LogP contribution in [0.1, 0.15) is 10.5 Å². The third-order valence-electron chi connectivity index (χ3n) is 3.03. The molecule has 0 bridgehead atoms. The highest BCUT2D eigenvalue weighted by atomic mass is 16.4. The smallest absolute Gasteiger partial charge is 0.274 e. The second-order valence-corrected chi connectivity index (χ2v) is 4.79. The molecule has 0 radical (unpaired) electrons. The molecule has 22 heavy (non-hydrogen) atoms. The summed E-state index contributed by atoms with van der Waals surface area (Å²) in [6.07, 6.45) is -6.71. The minimum atomic E-state index is -1.77. The molecular formula is C12H19N3O7. The van der Waals surface area contributed by atoms with Gasteiger partial charge >= 0.3 is 0 Å². The number of likely N-dealkylation sites (N-methyl/N-ethyl adjacent to an activating group) is 1. The molecule has 0 aromatic carbocycles. The van der Waals surface area contributed by atoms with E-state index in [-0.39, 0.29) is 12.2 Å². The van der Waals surface area contributed by atoms with Gasteiger partial charge in [-0.25, -0.2) is 5.10 Å². The quantitative estimate of drug-likeness (QED) is 0.298. The summed E-state index contributed by atoms with van der Waals surface area (Å²) < 4.78 is 0. The molecule has 1 aromatic heterocycles. The Balaban J connectivity index is 2.66. The molecule has 0 aliphatic carbocycles. The van der Waals surface area contributed by atoms with Crippen LogP contribution in [-0.4, -0.2) is 91.2 Å². The highest BCUT2D eigenvalue weighted by Crippen LogP contribution is 2.07.